The number of fused-ring (bicyclic) bond motifs is 1. The molecule has 0 aliphatic carbocycles. The largest absolute Gasteiger partial charge is 0.493 e. The van der Waals surface area contributed by atoms with E-state index in [1.165, 1.54) is 5.56 Å². The lowest BCUT2D eigenvalue weighted by atomic mass is 10.2. The molecule has 4 nitrogen and oxygen atoms in total. The van der Waals surface area contributed by atoms with Crippen molar-refractivity contribution in [3.63, 3.8) is 0 Å². The zero-order chi connectivity index (χ0) is 15.5. The standard InChI is InChI=1S/C17H16N2O2S/c1-11-4-6-12(7-5-11)22-17-10-18-19-14-9-16(21-3)15(20-2)8-13(14)17/h4-10H,1-3H3. The predicted octanol–water partition coefficient (Wildman–Crippen LogP) is 4.11. The second kappa shape index (κ2) is 6.23. The van der Waals surface area contributed by atoms with Crippen LogP contribution < -0.4 is 9.47 Å². The SMILES string of the molecule is COc1cc2nncc(Sc3ccc(C)cc3)c2cc1OC. The van der Waals surface area contributed by atoms with Crippen LogP contribution in [0.25, 0.3) is 10.9 Å². The second-order valence-corrected chi connectivity index (χ2v) is 5.96. The van der Waals surface area contributed by atoms with E-state index in [2.05, 4.69) is 41.4 Å². The molecule has 1 heterocycles. The Morgan fingerprint density at radius 3 is 2.32 bits per heavy atom. The monoisotopic (exact) mass is 312 g/mol. The fraction of sp³-hybridized carbons (Fsp3) is 0.176. The van der Waals surface area contributed by atoms with Crippen molar-refractivity contribution < 1.29 is 9.47 Å². The van der Waals surface area contributed by atoms with Crippen LogP contribution >= 0.6 is 11.8 Å². The summed E-state index contributed by atoms with van der Waals surface area (Å²) in [4.78, 5) is 2.20. The molecule has 3 rings (SSSR count). The average Bonchev–Trinajstić information content (AvgIpc) is 2.56. The summed E-state index contributed by atoms with van der Waals surface area (Å²) in [6, 6.07) is 12.2. The van der Waals surface area contributed by atoms with E-state index in [0.717, 1.165) is 20.7 Å². The predicted molar refractivity (Wildman–Crippen MR) is 87.9 cm³/mol. The molecule has 2 aromatic carbocycles. The maximum absolute atomic E-state index is 5.38. The summed E-state index contributed by atoms with van der Waals surface area (Å²) in [5.41, 5.74) is 2.03. The van der Waals surface area contributed by atoms with Crippen molar-refractivity contribution in [1.29, 1.82) is 0 Å². The van der Waals surface area contributed by atoms with E-state index in [4.69, 9.17) is 9.47 Å². The number of methoxy groups -OCH3 is 2. The second-order valence-electron chi connectivity index (χ2n) is 4.85. The van der Waals surface area contributed by atoms with Crippen molar-refractivity contribution in [3.05, 3.63) is 48.2 Å². The highest BCUT2D eigenvalue weighted by Gasteiger charge is 2.11. The topological polar surface area (TPSA) is 44.2 Å². The van der Waals surface area contributed by atoms with Gasteiger partial charge in [0.15, 0.2) is 11.5 Å². The van der Waals surface area contributed by atoms with Crippen LogP contribution in [-0.4, -0.2) is 24.4 Å². The van der Waals surface area contributed by atoms with Gasteiger partial charge >= 0.3 is 0 Å². The van der Waals surface area contributed by atoms with Crippen LogP contribution in [0.2, 0.25) is 0 Å². The number of nitrogens with zero attached hydrogens (tertiary/aromatic N) is 2. The molecule has 0 saturated carbocycles. The third kappa shape index (κ3) is 2.85. The molecule has 0 aliphatic rings. The Hall–Kier alpha value is -2.27. The normalized spacial score (nSPS) is 10.7. The summed E-state index contributed by atoms with van der Waals surface area (Å²) in [6.07, 6.45) is 1.78. The Balaban J connectivity index is 2.07. The first kappa shape index (κ1) is 14.7. The van der Waals surface area contributed by atoms with Gasteiger partial charge in [-0.25, -0.2) is 0 Å². The smallest absolute Gasteiger partial charge is 0.162 e. The molecular formula is C17H16N2O2S. The van der Waals surface area contributed by atoms with Crippen LogP contribution in [0.1, 0.15) is 5.56 Å². The van der Waals surface area contributed by atoms with Crippen LogP contribution in [-0.2, 0) is 0 Å². The summed E-state index contributed by atoms with van der Waals surface area (Å²) in [6.45, 7) is 2.08. The number of aromatic nitrogens is 2. The van der Waals surface area contributed by atoms with E-state index in [1.807, 2.05) is 12.1 Å². The Morgan fingerprint density at radius 1 is 0.955 bits per heavy atom. The summed E-state index contributed by atoms with van der Waals surface area (Å²) in [5, 5.41) is 9.27. The van der Waals surface area contributed by atoms with Gasteiger partial charge in [-0.05, 0) is 25.1 Å². The molecule has 0 N–H and O–H groups in total. The van der Waals surface area contributed by atoms with Gasteiger partial charge in [0.25, 0.3) is 0 Å². The number of benzene rings is 2. The molecule has 0 saturated heterocycles. The van der Waals surface area contributed by atoms with E-state index in [0.29, 0.717) is 11.5 Å². The van der Waals surface area contributed by atoms with E-state index in [-0.39, 0.29) is 0 Å². The number of aryl methyl sites for hydroxylation is 1. The number of rotatable bonds is 4. The number of ether oxygens (including phenoxy) is 2. The minimum atomic E-state index is 0.654. The van der Waals surface area contributed by atoms with Gasteiger partial charge in [0.1, 0.15) is 0 Å². The zero-order valence-electron chi connectivity index (χ0n) is 12.7. The molecule has 0 unspecified atom stereocenters. The number of hydrogen-bond donors (Lipinski definition) is 0. The van der Waals surface area contributed by atoms with Crippen LogP contribution in [0.15, 0.2) is 52.4 Å². The van der Waals surface area contributed by atoms with Crippen LogP contribution in [0.4, 0.5) is 0 Å². The molecule has 3 aromatic rings. The molecule has 5 heteroatoms. The third-order valence-corrected chi connectivity index (χ3v) is 4.41. The van der Waals surface area contributed by atoms with Crippen molar-refractivity contribution in [2.24, 2.45) is 0 Å². The van der Waals surface area contributed by atoms with E-state index in [9.17, 15) is 0 Å². The van der Waals surface area contributed by atoms with Crippen molar-refractivity contribution >= 4 is 22.7 Å². The quantitative estimate of drug-likeness (QED) is 0.725. The van der Waals surface area contributed by atoms with Gasteiger partial charge in [0.05, 0.1) is 25.9 Å². The molecule has 1 aromatic heterocycles. The highest BCUT2D eigenvalue weighted by atomic mass is 32.2. The van der Waals surface area contributed by atoms with E-state index < -0.39 is 0 Å². The fourth-order valence-corrected chi connectivity index (χ4v) is 3.08. The van der Waals surface area contributed by atoms with Crippen LogP contribution in [0.5, 0.6) is 11.5 Å². The molecule has 0 amide bonds. The lowest BCUT2D eigenvalue weighted by molar-refractivity contribution is 0.355. The summed E-state index contributed by atoms with van der Waals surface area (Å²) in [7, 11) is 3.24. The van der Waals surface area contributed by atoms with Gasteiger partial charge in [-0.1, -0.05) is 29.5 Å². The Morgan fingerprint density at radius 2 is 1.64 bits per heavy atom. The summed E-state index contributed by atoms with van der Waals surface area (Å²) >= 11 is 1.66. The van der Waals surface area contributed by atoms with Crippen molar-refractivity contribution in [1.82, 2.24) is 10.2 Å². The lowest BCUT2D eigenvalue weighted by Gasteiger charge is -2.10. The summed E-state index contributed by atoms with van der Waals surface area (Å²) < 4.78 is 10.7. The molecule has 0 radical (unpaired) electrons. The molecule has 0 atom stereocenters. The van der Waals surface area contributed by atoms with Crippen LogP contribution in [0.3, 0.4) is 0 Å². The van der Waals surface area contributed by atoms with Crippen molar-refractivity contribution in [3.8, 4) is 11.5 Å². The minimum absolute atomic E-state index is 0.654. The van der Waals surface area contributed by atoms with Crippen molar-refractivity contribution in [2.45, 2.75) is 16.7 Å². The maximum Gasteiger partial charge on any atom is 0.162 e. The molecule has 112 valence electrons. The maximum atomic E-state index is 5.38. The first-order chi connectivity index (χ1) is 10.7. The lowest BCUT2D eigenvalue weighted by Crippen LogP contribution is -1.93. The van der Waals surface area contributed by atoms with Crippen molar-refractivity contribution in [2.75, 3.05) is 14.2 Å². The van der Waals surface area contributed by atoms with Gasteiger partial charge in [0.2, 0.25) is 0 Å². The molecule has 0 bridgehead atoms. The third-order valence-electron chi connectivity index (χ3n) is 3.36. The molecular weight excluding hydrogens is 296 g/mol. The van der Waals surface area contributed by atoms with E-state index >= 15 is 0 Å². The summed E-state index contributed by atoms with van der Waals surface area (Å²) in [5.74, 6) is 1.34. The Bertz CT molecular complexity index is 804. The fourth-order valence-electron chi connectivity index (χ4n) is 2.18. The first-order valence-corrected chi connectivity index (χ1v) is 7.65. The Kier molecular flexibility index (Phi) is 4.15. The molecule has 0 aliphatic heterocycles. The molecule has 22 heavy (non-hydrogen) atoms. The number of hydrogen-bond acceptors (Lipinski definition) is 5. The van der Waals surface area contributed by atoms with E-state index in [1.54, 1.807) is 32.2 Å². The Labute approximate surface area is 133 Å². The molecule has 0 spiro atoms. The highest BCUT2D eigenvalue weighted by molar-refractivity contribution is 7.99. The van der Waals surface area contributed by atoms with Gasteiger partial charge in [-0.2, -0.15) is 10.2 Å². The van der Waals surface area contributed by atoms with Gasteiger partial charge in [-0.15, -0.1) is 0 Å². The minimum Gasteiger partial charge on any atom is -0.493 e. The van der Waals surface area contributed by atoms with Gasteiger partial charge in [-0.3, -0.25) is 0 Å². The first-order valence-electron chi connectivity index (χ1n) is 6.83. The highest BCUT2D eigenvalue weighted by Crippen LogP contribution is 2.37. The zero-order valence-corrected chi connectivity index (χ0v) is 13.5. The van der Waals surface area contributed by atoms with Gasteiger partial charge < -0.3 is 9.47 Å². The molecule has 0 fully saturated rings. The van der Waals surface area contributed by atoms with Gasteiger partial charge in [0, 0.05) is 21.2 Å². The van der Waals surface area contributed by atoms with Crippen LogP contribution in [0, 0.1) is 6.92 Å². The average molecular weight is 312 g/mol.